The normalized spacial score (nSPS) is 13.5. The second-order valence-corrected chi connectivity index (χ2v) is 4.06. The van der Waals surface area contributed by atoms with E-state index in [1.54, 1.807) is 0 Å². The van der Waals surface area contributed by atoms with Crippen molar-refractivity contribution in [3.63, 3.8) is 0 Å². The first-order valence-corrected chi connectivity index (χ1v) is 5.80. The fourth-order valence-corrected chi connectivity index (χ4v) is 1.41. The van der Waals surface area contributed by atoms with Gasteiger partial charge >= 0.3 is 6.03 Å². The number of nitrogens with two attached hydrogens (primary N) is 1. The van der Waals surface area contributed by atoms with Gasteiger partial charge in [0.2, 0.25) is 5.91 Å². The van der Waals surface area contributed by atoms with E-state index in [0.29, 0.717) is 6.29 Å². The maximum absolute atomic E-state index is 11.4. The Balaban J connectivity index is 3.97. The van der Waals surface area contributed by atoms with E-state index in [0.717, 1.165) is 12.8 Å². The average Bonchev–Trinajstić information content (AvgIpc) is 2.24. The zero-order valence-corrected chi connectivity index (χ0v) is 10.4. The van der Waals surface area contributed by atoms with Gasteiger partial charge in [0.25, 0.3) is 0 Å². The maximum atomic E-state index is 11.4. The van der Waals surface area contributed by atoms with Crippen LogP contribution in [0.2, 0.25) is 0 Å². The van der Waals surface area contributed by atoms with Crippen molar-refractivity contribution in [2.45, 2.75) is 51.6 Å². The summed E-state index contributed by atoms with van der Waals surface area (Å²) in [7, 11) is 0. The molecule has 0 saturated heterocycles. The average molecular weight is 243 g/mol. The Morgan fingerprint density at radius 2 is 1.94 bits per heavy atom. The molecule has 0 radical (unpaired) electrons. The van der Waals surface area contributed by atoms with Crippen molar-refractivity contribution in [2.75, 3.05) is 0 Å². The predicted octanol–water partition coefficient (Wildman–Crippen LogP) is 0.307. The minimum atomic E-state index is -0.670. The molecule has 6 nitrogen and oxygen atoms in total. The first-order chi connectivity index (χ1) is 7.99. The van der Waals surface area contributed by atoms with E-state index in [2.05, 4.69) is 10.6 Å². The summed E-state index contributed by atoms with van der Waals surface area (Å²) in [6, 6.07) is -1.01. The molecule has 4 N–H and O–H groups in total. The zero-order valence-electron chi connectivity index (χ0n) is 10.4. The Hall–Kier alpha value is -1.59. The highest BCUT2D eigenvalue weighted by atomic mass is 16.2. The number of primary amides is 1. The summed E-state index contributed by atoms with van der Waals surface area (Å²) in [6.07, 6.45) is 2.76. The van der Waals surface area contributed by atoms with Gasteiger partial charge in [-0.25, -0.2) is 4.79 Å². The molecule has 0 rings (SSSR count). The molecule has 3 amide bonds. The standard InChI is InChI=1S/C11H21N3O3/c1-3-4-8(2)13-11(17)14-9(7-15)5-6-10(12)16/h7-9H,3-6H2,1-2H3,(H2,12,16)(H2,13,14,17). The van der Waals surface area contributed by atoms with Gasteiger partial charge in [0.1, 0.15) is 6.29 Å². The molecule has 0 aromatic carbocycles. The summed E-state index contributed by atoms with van der Waals surface area (Å²) < 4.78 is 0. The number of urea groups is 1. The second kappa shape index (κ2) is 8.55. The molecule has 0 aromatic rings. The highest BCUT2D eigenvalue weighted by Crippen LogP contribution is 1.96. The summed E-state index contributed by atoms with van der Waals surface area (Å²) in [5.74, 6) is -0.488. The van der Waals surface area contributed by atoms with Crippen molar-refractivity contribution in [2.24, 2.45) is 5.73 Å². The Morgan fingerprint density at radius 3 is 2.41 bits per heavy atom. The third-order valence-electron chi connectivity index (χ3n) is 2.28. The number of aldehydes is 1. The zero-order chi connectivity index (χ0) is 13.3. The molecule has 98 valence electrons. The first kappa shape index (κ1) is 15.4. The van der Waals surface area contributed by atoms with Gasteiger partial charge in [0.15, 0.2) is 0 Å². The van der Waals surface area contributed by atoms with Gasteiger partial charge in [-0.2, -0.15) is 0 Å². The van der Waals surface area contributed by atoms with E-state index in [-0.39, 0.29) is 18.9 Å². The van der Waals surface area contributed by atoms with Crippen LogP contribution in [-0.4, -0.2) is 30.3 Å². The molecule has 0 aromatic heterocycles. The van der Waals surface area contributed by atoms with Crippen LogP contribution in [0, 0.1) is 0 Å². The largest absolute Gasteiger partial charge is 0.370 e. The van der Waals surface area contributed by atoms with E-state index in [9.17, 15) is 14.4 Å². The van der Waals surface area contributed by atoms with Gasteiger partial charge < -0.3 is 21.2 Å². The van der Waals surface area contributed by atoms with Crippen LogP contribution in [0.5, 0.6) is 0 Å². The lowest BCUT2D eigenvalue weighted by atomic mass is 10.1. The Labute approximate surface area is 101 Å². The van der Waals surface area contributed by atoms with Crippen LogP contribution in [0.25, 0.3) is 0 Å². The summed E-state index contributed by atoms with van der Waals surface area (Å²) in [5.41, 5.74) is 4.96. The predicted molar refractivity (Wildman–Crippen MR) is 64.3 cm³/mol. The van der Waals surface area contributed by atoms with Crippen molar-refractivity contribution < 1.29 is 14.4 Å². The molecule has 0 aliphatic carbocycles. The molecule has 0 spiro atoms. The highest BCUT2D eigenvalue weighted by molar-refractivity contribution is 5.79. The first-order valence-electron chi connectivity index (χ1n) is 5.80. The quantitative estimate of drug-likeness (QED) is 0.534. The van der Waals surface area contributed by atoms with Crippen LogP contribution >= 0.6 is 0 Å². The lowest BCUT2D eigenvalue weighted by molar-refractivity contribution is -0.118. The van der Waals surface area contributed by atoms with Crippen LogP contribution in [0.15, 0.2) is 0 Å². The van der Waals surface area contributed by atoms with Gasteiger partial charge in [-0.05, 0) is 19.8 Å². The van der Waals surface area contributed by atoms with Crippen molar-refractivity contribution >= 4 is 18.2 Å². The minimum absolute atomic E-state index is 0.0587. The lowest BCUT2D eigenvalue weighted by Crippen LogP contribution is -2.46. The monoisotopic (exact) mass is 243 g/mol. The molecule has 0 aliphatic rings. The summed E-state index contributed by atoms with van der Waals surface area (Å²) in [4.78, 5) is 32.7. The third kappa shape index (κ3) is 8.24. The molecule has 0 saturated carbocycles. The fraction of sp³-hybridized carbons (Fsp3) is 0.727. The number of rotatable bonds is 8. The molecular weight excluding hydrogens is 222 g/mol. The van der Waals surface area contributed by atoms with Crippen molar-refractivity contribution in [3.8, 4) is 0 Å². The maximum Gasteiger partial charge on any atom is 0.315 e. The Morgan fingerprint density at radius 1 is 1.29 bits per heavy atom. The molecule has 17 heavy (non-hydrogen) atoms. The van der Waals surface area contributed by atoms with E-state index in [1.807, 2.05) is 13.8 Å². The van der Waals surface area contributed by atoms with Crippen LogP contribution in [0.1, 0.15) is 39.5 Å². The summed E-state index contributed by atoms with van der Waals surface area (Å²) in [6.45, 7) is 3.92. The van der Waals surface area contributed by atoms with Crippen molar-refractivity contribution in [3.05, 3.63) is 0 Å². The summed E-state index contributed by atoms with van der Waals surface area (Å²) >= 11 is 0. The molecule has 2 unspecified atom stereocenters. The van der Waals surface area contributed by atoms with Crippen molar-refractivity contribution in [1.82, 2.24) is 10.6 Å². The molecule has 0 bridgehead atoms. The number of amides is 3. The number of hydrogen-bond acceptors (Lipinski definition) is 3. The van der Waals surface area contributed by atoms with E-state index in [4.69, 9.17) is 5.73 Å². The highest BCUT2D eigenvalue weighted by Gasteiger charge is 2.13. The summed E-state index contributed by atoms with van der Waals surface area (Å²) in [5, 5.41) is 5.19. The Kier molecular flexibility index (Phi) is 7.75. The molecule has 0 fully saturated rings. The van der Waals surface area contributed by atoms with Gasteiger partial charge in [0.05, 0.1) is 6.04 Å². The number of carbonyl (C=O) groups is 3. The number of nitrogens with one attached hydrogen (secondary N) is 2. The third-order valence-corrected chi connectivity index (χ3v) is 2.28. The van der Waals surface area contributed by atoms with Crippen LogP contribution in [-0.2, 0) is 9.59 Å². The number of hydrogen-bond donors (Lipinski definition) is 3. The van der Waals surface area contributed by atoms with E-state index in [1.165, 1.54) is 0 Å². The molecule has 0 heterocycles. The smallest absolute Gasteiger partial charge is 0.315 e. The second-order valence-electron chi connectivity index (χ2n) is 4.06. The number of carbonyl (C=O) groups excluding carboxylic acids is 3. The molecular formula is C11H21N3O3. The van der Waals surface area contributed by atoms with Crippen molar-refractivity contribution in [1.29, 1.82) is 0 Å². The van der Waals surface area contributed by atoms with E-state index >= 15 is 0 Å². The topological polar surface area (TPSA) is 101 Å². The van der Waals surface area contributed by atoms with Gasteiger partial charge in [-0.3, -0.25) is 4.79 Å². The van der Waals surface area contributed by atoms with Crippen LogP contribution in [0.4, 0.5) is 4.79 Å². The fourth-order valence-electron chi connectivity index (χ4n) is 1.41. The van der Waals surface area contributed by atoms with Crippen LogP contribution < -0.4 is 16.4 Å². The van der Waals surface area contributed by atoms with Gasteiger partial charge in [-0.1, -0.05) is 13.3 Å². The van der Waals surface area contributed by atoms with Gasteiger partial charge in [0, 0.05) is 12.5 Å². The Bertz CT molecular complexity index is 269. The molecule has 6 heteroatoms. The molecule has 0 aliphatic heterocycles. The van der Waals surface area contributed by atoms with Crippen LogP contribution in [0.3, 0.4) is 0 Å². The van der Waals surface area contributed by atoms with Gasteiger partial charge in [-0.15, -0.1) is 0 Å². The SMILES string of the molecule is CCCC(C)NC(=O)NC(C=O)CCC(N)=O. The minimum Gasteiger partial charge on any atom is -0.370 e. The lowest BCUT2D eigenvalue weighted by Gasteiger charge is -2.16. The molecule has 2 atom stereocenters. The van der Waals surface area contributed by atoms with E-state index < -0.39 is 18.0 Å².